The van der Waals surface area contributed by atoms with Crippen LogP contribution < -0.4 is 0 Å². The topological polar surface area (TPSA) is 34.9 Å². The van der Waals surface area contributed by atoms with Gasteiger partial charge in [-0.25, -0.2) is 4.68 Å². The molecule has 1 aromatic heterocycles. The molecule has 0 N–H and O–H groups in total. The lowest BCUT2D eigenvalue weighted by molar-refractivity contribution is 0.101. The molecule has 0 spiro atoms. The lowest BCUT2D eigenvalue weighted by atomic mass is 10.2. The Morgan fingerprint density at radius 2 is 2.00 bits per heavy atom. The van der Waals surface area contributed by atoms with Crippen molar-refractivity contribution < 1.29 is 4.79 Å². The summed E-state index contributed by atoms with van der Waals surface area (Å²) in [5.74, 6) is 0.0344. The van der Waals surface area contributed by atoms with Gasteiger partial charge in [0, 0.05) is 6.20 Å². The van der Waals surface area contributed by atoms with E-state index in [1.165, 1.54) is 6.92 Å². The average Bonchev–Trinajstić information content (AvgIpc) is 2.68. The third-order valence-electron chi connectivity index (χ3n) is 2.01. The molecule has 1 heterocycles. The summed E-state index contributed by atoms with van der Waals surface area (Å²) in [6, 6.07) is 9.70. The summed E-state index contributed by atoms with van der Waals surface area (Å²) in [6.07, 6.45) is 3.31. The fraction of sp³-hybridized carbons (Fsp3) is 0.0909. The van der Waals surface area contributed by atoms with E-state index in [1.807, 2.05) is 30.3 Å². The maximum absolute atomic E-state index is 11.0. The van der Waals surface area contributed by atoms with E-state index in [0.717, 1.165) is 5.69 Å². The Bertz CT molecular complexity index is 445. The summed E-state index contributed by atoms with van der Waals surface area (Å²) < 4.78 is 1.69. The molecule has 3 heteroatoms. The SMILES string of the molecule is CC(=O)c1cnn(-c2ccccc2)c1. The van der Waals surface area contributed by atoms with E-state index in [1.54, 1.807) is 17.1 Å². The van der Waals surface area contributed by atoms with Crippen LogP contribution >= 0.6 is 0 Å². The van der Waals surface area contributed by atoms with E-state index >= 15 is 0 Å². The van der Waals surface area contributed by atoms with E-state index in [4.69, 9.17) is 0 Å². The zero-order chi connectivity index (χ0) is 9.97. The normalized spacial score (nSPS) is 10.1. The molecule has 0 fully saturated rings. The molecule has 1 aromatic carbocycles. The summed E-state index contributed by atoms with van der Waals surface area (Å²) in [7, 11) is 0. The van der Waals surface area contributed by atoms with E-state index in [9.17, 15) is 4.79 Å². The van der Waals surface area contributed by atoms with Gasteiger partial charge in [-0.2, -0.15) is 5.10 Å². The van der Waals surface area contributed by atoms with Crippen molar-refractivity contribution in [3.63, 3.8) is 0 Å². The highest BCUT2D eigenvalue weighted by molar-refractivity contribution is 5.93. The van der Waals surface area contributed by atoms with Gasteiger partial charge < -0.3 is 0 Å². The monoisotopic (exact) mass is 186 g/mol. The standard InChI is InChI=1S/C11H10N2O/c1-9(14)10-7-12-13(8-10)11-5-3-2-4-6-11/h2-8H,1H3. The van der Waals surface area contributed by atoms with Crippen molar-refractivity contribution in [1.29, 1.82) is 0 Å². The number of ketones is 1. The second-order valence-electron chi connectivity index (χ2n) is 3.07. The Morgan fingerprint density at radius 1 is 1.29 bits per heavy atom. The summed E-state index contributed by atoms with van der Waals surface area (Å²) in [6.45, 7) is 1.53. The zero-order valence-corrected chi connectivity index (χ0v) is 7.84. The molecule has 0 aliphatic carbocycles. The molecule has 0 atom stereocenters. The van der Waals surface area contributed by atoms with Gasteiger partial charge in [-0.15, -0.1) is 0 Å². The van der Waals surface area contributed by atoms with E-state index in [2.05, 4.69) is 5.10 Å². The van der Waals surface area contributed by atoms with E-state index in [0.29, 0.717) is 5.56 Å². The lowest BCUT2D eigenvalue weighted by Crippen LogP contribution is -1.93. The van der Waals surface area contributed by atoms with Gasteiger partial charge in [0.25, 0.3) is 0 Å². The second-order valence-corrected chi connectivity index (χ2v) is 3.07. The molecule has 70 valence electrons. The Hall–Kier alpha value is -1.90. The number of benzene rings is 1. The second kappa shape index (κ2) is 3.46. The van der Waals surface area contributed by atoms with Crippen molar-refractivity contribution in [2.24, 2.45) is 0 Å². The van der Waals surface area contributed by atoms with Crippen LogP contribution in [0.15, 0.2) is 42.7 Å². The quantitative estimate of drug-likeness (QED) is 0.673. The number of carbonyl (C=O) groups is 1. The Kier molecular flexibility index (Phi) is 2.14. The number of aromatic nitrogens is 2. The van der Waals surface area contributed by atoms with Crippen LogP contribution in [0.25, 0.3) is 5.69 Å². The highest BCUT2D eigenvalue weighted by Crippen LogP contribution is 2.07. The maximum atomic E-state index is 11.0. The van der Waals surface area contributed by atoms with Gasteiger partial charge in [0.1, 0.15) is 0 Å². The molecule has 0 saturated carbocycles. The molecular weight excluding hydrogens is 176 g/mol. The molecular formula is C11H10N2O. The van der Waals surface area contributed by atoms with Gasteiger partial charge in [0.15, 0.2) is 5.78 Å². The molecule has 3 nitrogen and oxygen atoms in total. The highest BCUT2D eigenvalue weighted by Gasteiger charge is 2.03. The van der Waals surface area contributed by atoms with Crippen LogP contribution in [0.4, 0.5) is 0 Å². The third-order valence-corrected chi connectivity index (χ3v) is 2.01. The number of rotatable bonds is 2. The summed E-state index contributed by atoms with van der Waals surface area (Å²) in [5, 5.41) is 4.10. The lowest BCUT2D eigenvalue weighted by Gasteiger charge is -1.98. The van der Waals surface area contributed by atoms with Gasteiger partial charge in [-0.1, -0.05) is 18.2 Å². The summed E-state index contributed by atoms with van der Waals surface area (Å²) in [5.41, 5.74) is 1.59. The van der Waals surface area contributed by atoms with Gasteiger partial charge in [0.05, 0.1) is 17.4 Å². The molecule has 0 saturated heterocycles. The van der Waals surface area contributed by atoms with Crippen molar-refractivity contribution in [1.82, 2.24) is 9.78 Å². The van der Waals surface area contributed by atoms with Crippen molar-refractivity contribution >= 4 is 5.78 Å². The van der Waals surface area contributed by atoms with Crippen LogP contribution in [-0.2, 0) is 0 Å². The smallest absolute Gasteiger partial charge is 0.162 e. The van der Waals surface area contributed by atoms with Gasteiger partial charge in [0.2, 0.25) is 0 Å². The number of para-hydroxylation sites is 1. The first-order valence-electron chi connectivity index (χ1n) is 4.38. The first-order chi connectivity index (χ1) is 6.77. The van der Waals surface area contributed by atoms with Crippen molar-refractivity contribution in [3.05, 3.63) is 48.3 Å². The highest BCUT2D eigenvalue weighted by atomic mass is 16.1. The van der Waals surface area contributed by atoms with Crippen LogP contribution in [0, 0.1) is 0 Å². The Labute approximate surface area is 82.0 Å². The van der Waals surface area contributed by atoms with Crippen LogP contribution in [0.1, 0.15) is 17.3 Å². The van der Waals surface area contributed by atoms with E-state index < -0.39 is 0 Å². The Morgan fingerprint density at radius 3 is 2.57 bits per heavy atom. The van der Waals surface area contributed by atoms with Gasteiger partial charge >= 0.3 is 0 Å². The Balaban J connectivity index is 2.39. The third kappa shape index (κ3) is 1.57. The van der Waals surface area contributed by atoms with Gasteiger partial charge in [-0.3, -0.25) is 4.79 Å². The molecule has 0 bridgehead atoms. The molecule has 0 unspecified atom stereocenters. The summed E-state index contributed by atoms with van der Waals surface area (Å²) in [4.78, 5) is 11.0. The first kappa shape index (κ1) is 8.69. The molecule has 0 aliphatic heterocycles. The van der Waals surface area contributed by atoms with Crippen molar-refractivity contribution in [2.75, 3.05) is 0 Å². The number of hydrogen-bond acceptors (Lipinski definition) is 2. The number of carbonyl (C=O) groups excluding carboxylic acids is 1. The molecule has 2 rings (SSSR count). The molecule has 2 aromatic rings. The van der Waals surface area contributed by atoms with E-state index in [-0.39, 0.29) is 5.78 Å². The number of nitrogens with zero attached hydrogens (tertiary/aromatic N) is 2. The minimum atomic E-state index is 0.0344. The molecule has 0 amide bonds. The molecule has 0 aliphatic rings. The predicted octanol–water partition coefficient (Wildman–Crippen LogP) is 2.07. The fourth-order valence-corrected chi connectivity index (χ4v) is 1.23. The van der Waals surface area contributed by atoms with Crippen LogP contribution in [0.5, 0.6) is 0 Å². The fourth-order valence-electron chi connectivity index (χ4n) is 1.23. The van der Waals surface area contributed by atoms with Crippen molar-refractivity contribution in [2.45, 2.75) is 6.92 Å². The number of hydrogen-bond donors (Lipinski definition) is 0. The zero-order valence-electron chi connectivity index (χ0n) is 7.84. The van der Waals surface area contributed by atoms with Crippen molar-refractivity contribution in [3.8, 4) is 5.69 Å². The first-order valence-corrected chi connectivity index (χ1v) is 4.38. The van der Waals surface area contributed by atoms with Crippen LogP contribution in [0.2, 0.25) is 0 Å². The molecule has 14 heavy (non-hydrogen) atoms. The molecule has 0 radical (unpaired) electrons. The van der Waals surface area contributed by atoms with Gasteiger partial charge in [-0.05, 0) is 19.1 Å². The largest absolute Gasteiger partial charge is 0.294 e. The average molecular weight is 186 g/mol. The minimum absolute atomic E-state index is 0.0344. The number of Topliss-reactive ketones (excluding diaryl/α,β-unsaturated/α-hetero) is 1. The van der Waals surface area contributed by atoms with Crippen LogP contribution in [0.3, 0.4) is 0 Å². The minimum Gasteiger partial charge on any atom is -0.294 e. The summed E-state index contributed by atoms with van der Waals surface area (Å²) >= 11 is 0. The van der Waals surface area contributed by atoms with Crippen LogP contribution in [-0.4, -0.2) is 15.6 Å². The predicted molar refractivity (Wildman–Crippen MR) is 53.6 cm³/mol. The maximum Gasteiger partial charge on any atom is 0.162 e.